The number of fused-ring (bicyclic) bond motifs is 2. The van der Waals surface area contributed by atoms with E-state index in [4.69, 9.17) is 24.3 Å². The second-order valence-corrected chi connectivity index (χ2v) is 4.89. The second kappa shape index (κ2) is 5.87. The third-order valence-electron chi connectivity index (χ3n) is 3.27. The Morgan fingerprint density at radius 1 is 1.35 bits per heavy atom. The van der Waals surface area contributed by atoms with Gasteiger partial charge in [0.25, 0.3) is 0 Å². The molecule has 108 valence electrons. The Balaban J connectivity index is 0.000000212. The van der Waals surface area contributed by atoms with Crippen LogP contribution >= 0.6 is 0 Å². The molecular weight excluding hydrogens is 264 g/mol. The summed E-state index contributed by atoms with van der Waals surface area (Å²) in [7, 11) is 0. The highest BCUT2D eigenvalue weighted by atomic mass is 16.5. The molecule has 0 spiro atoms. The van der Waals surface area contributed by atoms with E-state index in [0.29, 0.717) is 12.1 Å². The fraction of sp³-hybridized carbons (Fsp3) is 0.462. The Labute approximate surface area is 115 Å². The Bertz CT molecular complexity index is 537. The first-order valence-corrected chi connectivity index (χ1v) is 6.32. The molecule has 0 aliphatic carbocycles. The van der Waals surface area contributed by atoms with Gasteiger partial charge in [-0.2, -0.15) is 0 Å². The largest absolute Gasteiger partial charge is 0.473 e. The molecule has 0 saturated carbocycles. The Morgan fingerprint density at radius 2 is 2.05 bits per heavy atom. The zero-order valence-corrected chi connectivity index (χ0v) is 11.0. The third-order valence-corrected chi connectivity index (χ3v) is 3.27. The zero-order valence-electron chi connectivity index (χ0n) is 11.0. The fourth-order valence-corrected chi connectivity index (χ4v) is 2.42. The van der Waals surface area contributed by atoms with Crippen LogP contribution in [0.25, 0.3) is 5.57 Å². The number of carbonyl (C=O) groups is 2. The third kappa shape index (κ3) is 3.45. The summed E-state index contributed by atoms with van der Waals surface area (Å²) in [5.41, 5.74) is 2.30. The van der Waals surface area contributed by atoms with E-state index in [1.54, 1.807) is 0 Å². The van der Waals surface area contributed by atoms with Crippen molar-refractivity contribution >= 4 is 17.5 Å². The highest BCUT2D eigenvalue weighted by molar-refractivity contribution is 6.27. The number of hydrogen-bond acceptors (Lipinski definition) is 5. The van der Waals surface area contributed by atoms with Crippen molar-refractivity contribution in [2.45, 2.75) is 38.3 Å². The molecule has 3 N–H and O–H groups in total. The van der Waals surface area contributed by atoms with Gasteiger partial charge in [-0.25, -0.2) is 9.59 Å². The van der Waals surface area contributed by atoms with Crippen LogP contribution in [0.2, 0.25) is 0 Å². The maximum Gasteiger partial charge on any atom is 0.414 e. The molecule has 0 amide bonds. The molecule has 2 atom stereocenters. The molecule has 2 bridgehead atoms. The van der Waals surface area contributed by atoms with Crippen LogP contribution < -0.4 is 5.32 Å². The van der Waals surface area contributed by atoms with Crippen LogP contribution in [0.1, 0.15) is 30.7 Å². The number of aryl methyl sites for hydroxylation is 1. The SMILES string of the molecule is Cc1cc(C2=CC3CCC(C2)N3)on1.O=C(O)C(=O)O. The number of aromatic nitrogens is 1. The Morgan fingerprint density at radius 3 is 2.55 bits per heavy atom. The minimum absolute atomic E-state index is 0.564. The van der Waals surface area contributed by atoms with E-state index in [2.05, 4.69) is 16.5 Å². The van der Waals surface area contributed by atoms with Crippen molar-refractivity contribution in [3.63, 3.8) is 0 Å². The summed E-state index contributed by atoms with van der Waals surface area (Å²) in [4.78, 5) is 18.2. The molecule has 0 radical (unpaired) electrons. The quantitative estimate of drug-likeness (QED) is 0.659. The minimum atomic E-state index is -1.82. The van der Waals surface area contributed by atoms with Gasteiger partial charge in [0, 0.05) is 18.2 Å². The summed E-state index contributed by atoms with van der Waals surface area (Å²) in [6.45, 7) is 1.96. The minimum Gasteiger partial charge on any atom is -0.473 e. The molecule has 2 unspecified atom stereocenters. The van der Waals surface area contributed by atoms with Gasteiger partial charge in [0.2, 0.25) is 0 Å². The molecule has 3 heterocycles. The van der Waals surface area contributed by atoms with Gasteiger partial charge >= 0.3 is 11.9 Å². The first kappa shape index (κ1) is 14.3. The Kier molecular flexibility index (Phi) is 4.19. The lowest BCUT2D eigenvalue weighted by Crippen LogP contribution is -2.31. The fourth-order valence-electron chi connectivity index (χ4n) is 2.42. The van der Waals surface area contributed by atoms with Gasteiger partial charge in [0.15, 0.2) is 5.76 Å². The molecule has 2 aliphatic heterocycles. The van der Waals surface area contributed by atoms with Gasteiger partial charge < -0.3 is 20.1 Å². The number of nitrogens with zero attached hydrogens (tertiary/aromatic N) is 1. The monoisotopic (exact) mass is 280 g/mol. The van der Waals surface area contributed by atoms with Crippen LogP contribution in [0.5, 0.6) is 0 Å². The van der Waals surface area contributed by atoms with Gasteiger partial charge in [-0.05, 0) is 31.8 Å². The molecular formula is C13H16N2O5. The summed E-state index contributed by atoms with van der Waals surface area (Å²) < 4.78 is 5.28. The highest BCUT2D eigenvalue weighted by Gasteiger charge is 2.29. The molecule has 1 aromatic heterocycles. The molecule has 0 aromatic carbocycles. The standard InChI is InChI=1S/C11H14N2O.C2H2O4/c1-7-4-11(14-13-7)8-5-9-2-3-10(6-8)12-9;3-1(4)2(5)6/h4-5,9-10,12H,2-3,6H2,1H3;(H,3,4)(H,5,6). The van der Waals surface area contributed by atoms with Crippen molar-refractivity contribution in [2.75, 3.05) is 0 Å². The van der Waals surface area contributed by atoms with Crippen molar-refractivity contribution in [3.8, 4) is 0 Å². The molecule has 1 saturated heterocycles. The number of rotatable bonds is 1. The summed E-state index contributed by atoms with van der Waals surface area (Å²) in [5.74, 6) is -2.69. The van der Waals surface area contributed by atoms with Crippen molar-refractivity contribution in [3.05, 3.63) is 23.6 Å². The highest BCUT2D eigenvalue weighted by Crippen LogP contribution is 2.31. The number of nitrogens with one attached hydrogen (secondary N) is 1. The van der Waals surface area contributed by atoms with Crippen molar-refractivity contribution in [1.82, 2.24) is 10.5 Å². The normalized spacial score (nSPS) is 23.6. The van der Waals surface area contributed by atoms with Crippen molar-refractivity contribution in [2.24, 2.45) is 0 Å². The van der Waals surface area contributed by atoms with Gasteiger partial charge in [0.05, 0.1) is 5.69 Å². The predicted octanol–water partition coefficient (Wildman–Crippen LogP) is 1.05. The smallest absolute Gasteiger partial charge is 0.414 e. The lowest BCUT2D eigenvalue weighted by Gasteiger charge is -2.19. The average Bonchev–Trinajstić information content (AvgIpc) is 2.96. The lowest BCUT2D eigenvalue weighted by atomic mass is 10.0. The summed E-state index contributed by atoms with van der Waals surface area (Å²) >= 11 is 0. The molecule has 7 heteroatoms. The van der Waals surface area contributed by atoms with E-state index in [1.807, 2.05) is 13.0 Å². The zero-order chi connectivity index (χ0) is 14.7. The lowest BCUT2D eigenvalue weighted by molar-refractivity contribution is -0.159. The molecule has 1 fully saturated rings. The van der Waals surface area contributed by atoms with Crippen LogP contribution in [0.15, 0.2) is 16.7 Å². The van der Waals surface area contributed by atoms with Gasteiger partial charge in [0.1, 0.15) is 0 Å². The molecule has 3 rings (SSSR count). The molecule has 7 nitrogen and oxygen atoms in total. The number of hydrogen-bond donors (Lipinski definition) is 3. The summed E-state index contributed by atoms with van der Waals surface area (Å²) in [6, 6.07) is 3.25. The predicted molar refractivity (Wildman–Crippen MR) is 69.1 cm³/mol. The first-order chi connectivity index (χ1) is 9.45. The van der Waals surface area contributed by atoms with Crippen LogP contribution in [-0.4, -0.2) is 39.4 Å². The number of carboxylic acid groups (broad SMARTS) is 2. The van der Waals surface area contributed by atoms with Crippen molar-refractivity contribution in [1.29, 1.82) is 0 Å². The van der Waals surface area contributed by atoms with Crippen LogP contribution in [0.4, 0.5) is 0 Å². The van der Waals surface area contributed by atoms with Gasteiger partial charge in [-0.3, -0.25) is 0 Å². The van der Waals surface area contributed by atoms with E-state index in [-0.39, 0.29) is 0 Å². The number of carboxylic acids is 2. The first-order valence-electron chi connectivity index (χ1n) is 6.32. The number of aliphatic carboxylic acids is 2. The summed E-state index contributed by atoms with van der Waals surface area (Å²) in [6.07, 6.45) is 5.94. The van der Waals surface area contributed by atoms with Crippen LogP contribution in [-0.2, 0) is 9.59 Å². The van der Waals surface area contributed by atoms with Gasteiger partial charge in [-0.1, -0.05) is 11.2 Å². The van der Waals surface area contributed by atoms with Crippen molar-refractivity contribution < 1.29 is 24.3 Å². The van der Waals surface area contributed by atoms with E-state index in [0.717, 1.165) is 17.9 Å². The Hall–Kier alpha value is -2.15. The van der Waals surface area contributed by atoms with Crippen LogP contribution in [0, 0.1) is 6.92 Å². The van der Waals surface area contributed by atoms with Crippen LogP contribution in [0.3, 0.4) is 0 Å². The van der Waals surface area contributed by atoms with E-state index >= 15 is 0 Å². The van der Waals surface area contributed by atoms with E-state index < -0.39 is 11.9 Å². The van der Waals surface area contributed by atoms with E-state index in [9.17, 15) is 0 Å². The molecule has 1 aromatic rings. The maximum atomic E-state index is 9.10. The molecule has 2 aliphatic rings. The summed E-state index contributed by atoms with van der Waals surface area (Å²) in [5, 5.41) is 22.3. The van der Waals surface area contributed by atoms with E-state index in [1.165, 1.54) is 18.4 Å². The molecule has 20 heavy (non-hydrogen) atoms. The average molecular weight is 280 g/mol. The second-order valence-electron chi connectivity index (χ2n) is 4.89. The maximum absolute atomic E-state index is 9.10. The topological polar surface area (TPSA) is 113 Å². The van der Waals surface area contributed by atoms with Gasteiger partial charge in [-0.15, -0.1) is 0 Å².